The van der Waals surface area contributed by atoms with E-state index < -0.39 is 12.0 Å². The molecule has 0 aliphatic carbocycles. The van der Waals surface area contributed by atoms with Gasteiger partial charge in [0.2, 0.25) is 0 Å². The summed E-state index contributed by atoms with van der Waals surface area (Å²) in [5, 5.41) is 31.9. The number of nitrogens with zero attached hydrogens (tertiary/aromatic N) is 1. The lowest BCUT2D eigenvalue weighted by molar-refractivity contribution is 0.0630. The Hall–Kier alpha value is -2.68. The van der Waals surface area contributed by atoms with Crippen molar-refractivity contribution in [2.75, 3.05) is 27.2 Å². The lowest BCUT2D eigenvalue weighted by Crippen LogP contribution is -2.40. The Bertz CT molecular complexity index is 1140. The molecule has 3 aromatic rings. The van der Waals surface area contributed by atoms with Crippen molar-refractivity contribution in [2.45, 2.75) is 29.3 Å². The SMILES string of the molecule is COc1ccc(CSc2cc(=O)c3c(O)cc(O)c(C4CCN(C)CC4O)c3o2)cc1. The lowest BCUT2D eigenvalue weighted by Gasteiger charge is -2.34. The molecule has 2 unspecified atom stereocenters. The van der Waals surface area contributed by atoms with Crippen LogP contribution in [0, 0.1) is 0 Å². The van der Waals surface area contributed by atoms with Gasteiger partial charge in [-0.15, -0.1) is 0 Å². The fourth-order valence-corrected chi connectivity index (χ4v) is 4.87. The Kier molecular flexibility index (Phi) is 6.13. The van der Waals surface area contributed by atoms with E-state index in [0.29, 0.717) is 29.4 Å². The summed E-state index contributed by atoms with van der Waals surface area (Å²) in [5.74, 6) is 0.413. The third-order valence-electron chi connectivity index (χ3n) is 5.67. The number of piperidine rings is 1. The maximum absolute atomic E-state index is 12.8. The number of β-amino-alcohol motifs (C(OH)–C–C–N with tert-alkyl or cyclic N) is 1. The van der Waals surface area contributed by atoms with Gasteiger partial charge in [-0.25, -0.2) is 0 Å². The van der Waals surface area contributed by atoms with E-state index in [2.05, 4.69) is 0 Å². The standard InChI is InChI=1S/C23H25NO6S/c1-24-8-7-15(19(28)11-24)21-16(25)9-17(26)22-18(27)10-20(30-23(21)22)31-12-13-3-5-14(29-2)6-4-13/h3-6,9-10,15,19,25-26,28H,7-8,11-12H2,1-2H3. The predicted octanol–water partition coefficient (Wildman–Crippen LogP) is 3.29. The van der Waals surface area contributed by atoms with Gasteiger partial charge in [-0.2, -0.15) is 0 Å². The number of likely N-dealkylation sites (tertiary alicyclic amines) is 1. The van der Waals surface area contributed by atoms with Gasteiger partial charge >= 0.3 is 0 Å². The fourth-order valence-electron chi connectivity index (χ4n) is 4.03. The molecule has 0 bridgehead atoms. The number of aliphatic hydroxyl groups excluding tert-OH is 1. The highest BCUT2D eigenvalue weighted by Crippen LogP contribution is 2.42. The minimum absolute atomic E-state index is 0.0210. The molecule has 2 heterocycles. The minimum atomic E-state index is -0.724. The van der Waals surface area contributed by atoms with Gasteiger partial charge in [-0.1, -0.05) is 23.9 Å². The third kappa shape index (κ3) is 4.37. The number of benzene rings is 2. The van der Waals surface area contributed by atoms with Gasteiger partial charge in [-0.3, -0.25) is 4.79 Å². The number of phenols is 2. The van der Waals surface area contributed by atoms with Crippen molar-refractivity contribution in [2.24, 2.45) is 0 Å². The van der Waals surface area contributed by atoms with Crippen molar-refractivity contribution in [3.8, 4) is 17.2 Å². The Morgan fingerprint density at radius 3 is 2.61 bits per heavy atom. The van der Waals surface area contributed by atoms with Crippen LogP contribution in [-0.4, -0.2) is 53.6 Å². The maximum atomic E-state index is 12.8. The second kappa shape index (κ2) is 8.82. The average Bonchev–Trinajstić information content (AvgIpc) is 2.73. The van der Waals surface area contributed by atoms with Gasteiger partial charge in [0.25, 0.3) is 0 Å². The molecule has 31 heavy (non-hydrogen) atoms. The fraction of sp³-hybridized carbons (Fsp3) is 0.348. The first-order valence-corrected chi connectivity index (χ1v) is 11.0. The quantitative estimate of drug-likeness (QED) is 0.516. The zero-order valence-corrected chi connectivity index (χ0v) is 18.2. The van der Waals surface area contributed by atoms with E-state index >= 15 is 0 Å². The number of aromatic hydroxyl groups is 2. The Morgan fingerprint density at radius 2 is 1.94 bits per heavy atom. The molecule has 0 saturated carbocycles. The number of phenolic OH excluding ortho intramolecular Hbond substituents is 2. The summed E-state index contributed by atoms with van der Waals surface area (Å²) in [7, 11) is 3.53. The topological polar surface area (TPSA) is 103 Å². The Morgan fingerprint density at radius 1 is 1.19 bits per heavy atom. The summed E-state index contributed by atoms with van der Waals surface area (Å²) in [6.07, 6.45) is -0.129. The number of thioether (sulfide) groups is 1. The third-order valence-corrected chi connectivity index (χ3v) is 6.63. The number of aliphatic hydroxyl groups is 1. The second-order valence-electron chi connectivity index (χ2n) is 7.82. The van der Waals surface area contributed by atoms with Gasteiger partial charge in [-0.05, 0) is 37.7 Å². The number of rotatable bonds is 5. The van der Waals surface area contributed by atoms with E-state index in [9.17, 15) is 20.1 Å². The van der Waals surface area contributed by atoms with Crippen LogP contribution in [0.4, 0.5) is 0 Å². The van der Waals surface area contributed by atoms with Crippen molar-refractivity contribution in [3.05, 3.63) is 57.7 Å². The molecule has 164 valence electrons. The average molecular weight is 444 g/mol. The van der Waals surface area contributed by atoms with Crippen LogP contribution in [0.25, 0.3) is 11.0 Å². The number of hydrogen-bond donors (Lipinski definition) is 3. The second-order valence-corrected chi connectivity index (χ2v) is 8.80. The van der Waals surface area contributed by atoms with E-state index in [4.69, 9.17) is 9.15 Å². The maximum Gasteiger partial charge on any atom is 0.197 e. The highest BCUT2D eigenvalue weighted by Gasteiger charge is 2.33. The first kappa shape index (κ1) is 21.5. The monoisotopic (exact) mass is 443 g/mol. The van der Waals surface area contributed by atoms with Gasteiger partial charge in [0.05, 0.1) is 13.2 Å². The number of likely N-dealkylation sites (N-methyl/N-ethyl adjacent to an activating group) is 1. The van der Waals surface area contributed by atoms with Gasteiger partial charge in [0.1, 0.15) is 28.2 Å². The van der Waals surface area contributed by atoms with E-state index in [1.807, 2.05) is 36.2 Å². The molecule has 1 aliphatic rings. The summed E-state index contributed by atoms with van der Waals surface area (Å²) < 4.78 is 11.2. The molecule has 1 fully saturated rings. The number of methoxy groups -OCH3 is 1. The molecule has 2 aromatic carbocycles. The molecular formula is C23H25NO6S. The molecule has 1 aromatic heterocycles. The van der Waals surface area contributed by atoms with Crippen LogP contribution in [0.5, 0.6) is 17.2 Å². The molecular weight excluding hydrogens is 418 g/mol. The largest absolute Gasteiger partial charge is 0.507 e. The Balaban J connectivity index is 1.72. The smallest absolute Gasteiger partial charge is 0.197 e. The molecule has 0 amide bonds. The highest BCUT2D eigenvalue weighted by atomic mass is 32.2. The highest BCUT2D eigenvalue weighted by molar-refractivity contribution is 7.98. The van der Waals surface area contributed by atoms with Crippen LogP contribution in [0.1, 0.15) is 23.5 Å². The van der Waals surface area contributed by atoms with E-state index in [1.165, 1.54) is 17.8 Å². The van der Waals surface area contributed by atoms with Gasteiger partial charge in [0, 0.05) is 35.9 Å². The van der Waals surface area contributed by atoms with Gasteiger partial charge in [0.15, 0.2) is 10.5 Å². The molecule has 1 aliphatic heterocycles. The molecule has 4 rings (SSSR count). The van der Waals surface area contributed by atoms with Crippen molar-refractivity contribution in [1.29, 1.82) is 0 Å². The first-order valence-electron chi connectivity index (χ1n) is 10.0. The van der Waals surface area contributed by atoms with Crippen LogP contribution in [0.2, 0.25) is 0 Å². The molecule has 8 heteroatoms. The molecule has 3 N–H and O–H groups in total. The molecule has 0 radical (unpaired) electrons. The lowest BCUT2D eigenvalue weighted by atomic mass is 9.85. The van der Waals surface area contributed by atoms with E-state index in [-0.39, 0.29) is 27.9 Å². The number of fused-ring (bicyclic) bond motifs is 1. The van der Waals surface area contributed by atoms with Crippen molar-refractivity contribution < 1.29 is 24.5 Å². The van der Waals surface area contributed by atoms with Crippen molar-refractivity contribution in [3.63, 3.8) is 0 Å². The molecule has 2 atom stereocenters. The summed E-state index contributed by atoms with van der Waals surface area (Å²) in [4.78, 5) is 14.8. The number of hydrogen-bond acceptors (Lipinski definition) is 8. The molecule has 1 saturated heterocycles. The first-order chi connectivity index (χ1) is 14.9. The summed E-state index contributed by atoms with van der Waals surface area (Å²) >= 11 is 1.34. The summed E-state index contributed by atoms with van der Waals surface area (Å²) in [5.41, 5.74) is 1.14. The van der Waals surface area contributed by atoms with E-state index in [1.54, 1.807) is 7.11 Å². The number of ether oxygens (including phenoxy) is 1. The Labute approximate surface area is 183 Å². The van der Waals surface area contributed by atoms with Crippen molar-refractivity contribution in [1.82, 2.24) is 4.90 Å². The van der Waals surface area contributed by atoms with Crippen LogP contribution in [0.15, 0.2) is 50.7 Å². The van der Waals surface area contributed by atoms with Gasteiger partial charge < -0.3 is 29.4 Å². The minimum Gasteiger partial charge on any atom is -0.507 e. The van der Waals surface area contributed by atoms with Crippen LogP contribution in [0.3, 0.4) is 0 Å². The normalized spacial score (nSPS) is 19.6. The van der Waals surface area contributed by atoms with Crippen molar-refractivity contribution >= 4 is 22.7 Å². The van der Waals surface area contributed by atoms with Crippen LogP contribution < -0.4 is 10.2 Å². The van der Waals surface area contributed by atoms with Crippen LogP contribution in [-0.2, 0) is 5.75 Å². The molecule has 7 nitrogen and oxygen atoms in total. The predicted molar refractivity (Wildman–Crippen MR) is 119 cm³/mol. The summed E-state index contributed by atoms with van der Waals surface area (Å²) in [6.45, 7) is 1.18. The van der Waals surface area contributed by atoms with E-state index in [0.717, 1.165) is 23.9 Å². The molecule has 0 spiro atoms. The zero-order chi connectivity index (χ0) is 22.1. The summed E-state index contributed by atoms with van der Waals surface area (Å²) in [6, 6.07) is 10.1. The van der Waals surface area contributed by atoms with Crippen LogP contribution >= 0.6 is 11.8 Å². The zero-order valence-electron chi connectivity index (χ0n) is 17.4.